The summed E-state index contributed by atoms with van der Waals surface area (Å²) in [5.74, 6) is 1.56. The Hall–Kier alpha value is -0.300. The normalized spacial score (nSPS) is 27.4. The van der Waals surface area contributed by atoms with Gasteiger partial charge in [0.15, 0.2) is 0 Å². The van der Waals surface area contributed by atoms with Gasteiger partial charge in [-0.2, -0.15) is 0 Å². The quantitative estimate of drug-likeness (QED) is 0.536. The molecule has 0 amide bonds. The van der Waals surface area contributed by atoms with E-state index in [1.807, 2.05) is 0 Å². The predicted octanol–water partition coefficient (Wildman–Crippen LogP) is 6.80. The van der Waals surface area contributed by atoms with Crippen LogP contribution in [0.2, 0.25) is 0 Å². The molecule has 0 spiro atoms. The molecule has 0 heterocycles. The van der Waals surface area contributed by atoms with E-state index in [1.165, 1.54) is 30.2 Å². The first-order valence-corrected chi connectivity index (χ1v) is 8.95. The Morgan fingerprint density at radius 2 is 1.75 bits per heavy atom. The summed E-state index contributed by atoms with van der Waals surface area (Å²) < 4.78 is 1.18. The average Bonchev–Trinajstić information content (AvgIpc) is 3.13. The summed E-state index contributed by atoms with van der Waals surface area (Å²) in [5.41, 5.74) is 2.54. The maximum absolute atomic E-state index is 3.57. The first kappa shape index (κ1) is 16.1. The van der Waals surface area contributed by atoms with E-state index >= 15 is 0 Å². The molecule has 1 aromatic carbocycles. The number of halogens is 1. The fourth-order valence-corrected chi connectivity index (χ4v) is 4.11. The third-order valence-corrected chi connectivity index (χ3v) is 6.76. The highest BCUT2D eigenvalue weighted by Crippen LogP contribution is 2.65. The SMILES string of the molecule is CCC1(C)CC1C(c1ccc(Br)cc1)C(C)(CC)CC. The molecule has 1 aromatic rings. The van der Waals surface area contributed by atoms with Crippen molar-refractivity contribution in [2.45, 2.75) is 66.2 Å². The van der Waals surface area contributed by atoms with Crippen LogP contribution in [0.1, 0.15) is 71.8 Å². The Labute approximate surface area is 133 Å². The molecule has 3 unspecified atom stereocenters. The average molecular weight is 337 g/mol. The highest BCUT2D eigenvalue weighted by molar-refractivity contribution is 9.10. The molecule has 0 radical (unpaired) electrons. The van der Waals surface area contributed by atoms with Gasteiger partial charge in [0.1, 0.15) is 0 Å². The molecular formula is C19H29Br. The first-order valence-electron chi connectivity index (χ1n) is 8.15. The van der Waals surface area contributed by atoms with Crippen LogP contribution in [0.4, 0.5) is 0 Å². The van der Waals surface area contributed by atoms with E-state index in [4.69, 9.17) is 0 Å². The predicted molar refractivity (Wildman–Crippen MR) is 92.1 cm³/mol. The van der Waals surface area contributed by atoms with Gasteiger partial charge in [-0.3, -0.25) is 0 Å². The Balaban J connectivity index is 2.38. The molecule has 112 valence electrons. The van der Waals surface area contributed by atoms with Gasteiger partial charge in [0.25, 0.3) is 0 Å². The Morgan fingerprint density at radius 3 is 2.15 bits per heavy atom. The summed E-state index contributed by atoms with van der Waals surface area (Å²) in [5, 5.41) is 0. The van der Waals surface area contributed by atoms with Gasteiger partial charge in [-0.1, -0.05) is 81.9 Å². The second kappa shape index (κ2) is 5.83. The van der Waals surface area contributed by atoms with Gasteiger partial charge in [0, 0.05) is 4.47 Å². The summed E-state index contributed by atoms with van der Waals surface area (Å²) in [6.45, 7) is 12.1. The molecule has 0 bridgehead atoms. The van der Waals surface area contributed by atoms with Crippen molar-refractivity contribution in [3.63, 3.8) is 0 Å². The van der Waals surface area contributed by atoms with Crippen LogP contribution < -0.4 is 0 Å². The van der Waals surface area contributed by atoms with Crippen LogP contribution in [-0.4, -0.2) is 0 Å². The first-order chi connectivity index (χ1) is 9.40. The Kier molecular flexibility index (Phi) is 4.69. The lowest BCUT2D eigenvalue weighted by atomic mass is 9.66. The standard InChI is InChI=1S/C19H29Br/c1-6-18(4,7-2)17(16-13-19(16,5)8-3)14-9-11-15(20)12-10-14/h9-12,16-17H,6-8,13H2,1-5H3. The van der Waals surface area contributed by atoms with E-state index in [0.29, 0.717) is 16.7 Å². The summed E-state index contributed by atoms with van der Waals surface area (Å²) in [7, 11) is 0. The van der Waals surface area contributed by atoms with Crippen molar-refractivity contribution in [2.75, 3.05) is 0 Å². The molecule has 1 fully saturated rings. The van der Waals surface area contributed by atoms with Crippen LogP contribution >= 0.6 is 15.9 Å². The van der Waals surface area contributed by atoms with Gasteiger partial charge in [0.2, 0.25) is 0 Å². The van der Waals surface area contributed by atoms with Crippen LogP contribution in [0, 0.1) is 16.7 Å². The lowest BCUT2D eigenvalue weighted by Gasteiger charge is -2.38. The van der Waals surface area contributed by atoms with Crippen LogP contribution in [-0.2, 0) is 0 Å². The van der Waals surface area contributed by atoms with Gasteiger partial charge in [-0.25, -0.2) is 0 Å². The van der Waals surface area contributed by atoms with Crippen LogP contribution in [0.15, 0.2) is 28.7 Å². The molecule has 0 nitrogen and oxygen atoms in total. The van der Waals surface area contributed by atoms with Gasteiger partial charge in [-0.05, 0) is 46.8 Å². The summed E-state index contributed by atoms with van der Waals surface area (Å²) >= 11 is 3.57. The zero-order valence-electron chi connectivity index (χ0n) is 13.7. The fourth-order valence-electron chi connectivity index (χ4n) is 3.85. The number of hydrogen-bond donors (Lipinski definition) is 0. The molecule has 1 aliphatic rings. The number of hydrogen-bond acceptors (Lipinski definition) is 0. The lowest BCUT2D eigenvalue weighted by Crippen LogP contribution is -2.27. The Morgan fingerprint density at radius 1 is 1.20 bits per heavy atom. The van der Waals surface area contributed by atoms with E-state index in [1.54, 1.807) is 5.56 Å². The monoisotopic (exact) mass is 336 g/mol. The van der Waals surface area contributed by atoms with Crippen molar-refractivity contribution in [3.05, 3.63) is 34.3 Å². The van der Waals surface area contributed by atoms with Crippen molar-refractivity contribution >= 4 is 15.9 Å². The molecule has 3 atom stereocenters. The second-order valence-electron chi connectivity index (χ2n) is 7.21. The van der Waals surface area contributed by atoms with Crippen LogP contribution in [0.3, 0.4) is 0 Å². The van der Waals surface area contributed by atoms with E-state index in [9.17, 15) is 0 Å². The van der Waals surface area contributed by atoms with E-state index in [2.05, 4.69) is 74.8 Å². The highest BCUT2D eigenvalue weighted by Gasteiger charge is 2.56. The molecule has 0 saturated heterocycles. The summed E-state index contributed by atoms with van der Waals surface area (Å²) in [4.78, 5) is 0. The number of rotatable bonds is 6. The third-order valence-electron chi connectivity index (χ3n) is 6.23. The minimum Gasteiger partial charge on any atom is -0.0649 e. The molecule has 1 saturated carbocycles. The van der Waals surface area contributed by atoms with E-state index in [-0.39, 0.29) is 0 Å². The largest absolute Gasteiger partial charge is 0.0649 e. The third kappa shape index (κ3) is 2.84. The molecule has 1 aliphatic carbocycles. The molecule has 1 heteroatoms. The lowest BCUT2D eigenvalue weighted by molar-refractivity contribution is 0.192. The van der Waals surface area contributed by atoms with Crippen molar-refractivity contribution in [1.82, 2.24) is 0 Å². The van der Waals surface area contributed by atoms with Crippen molar-refractivity contribution in [2.24, 2.45) is 16.7 Å². The zero-order valence-corrected chi connectivity index (χ0v) is 15.3. The fraction of sp³-hybridized carbons (Fsp3) is 0.684. The van der Waals surface area contributed by atoms with E-state index in [0.717, 1.165) is 5.92 Å². The molecule has 0 N–H and O–H groups in total. The smallest absolute Gasteiger partial charge is 0.0175 e. The molecule has 0 aliphatic heterocycles. The summed E-state index contributed by atoms with van der Waals surface area (Å²) in [6, 6.07) is 9.10. The van der Waals surface area contributed by atoms with Gasteiger partial charge in [-0.15, -0.1) is 0 Å². The van der Waals surface area contributed by atoms with E-state index < -0.39 is 0 Å². The van der Waals surface area contributed by atoms with Crippen LogP contribution in [0.25, 0.3) is 0 Å². The van der Waals surface area contributed by atoms with Crippen LogP contribution in [0.5, 0.6) is 0 Å². The Bertz CT molecular complexity index is 443. The maximum Gasteiger partial charge on any atom is 0.0175 e. The topological polar surface area (TPSA) is 0 Å². The minimum atomic E-state index is 0.422. The zero-order chi connectivity index (χ0) is 15.0. The maximum atomic E-state index is 3.57. The molecular weight excluding hydrogens is 308 g/mol. The molecule has 20 heavy (non-hydrogen) atoms. The number of benzene rings is 1. The molecule has 2 rings (SSSR count). The minimum absolute atomic E-state index is 0.422. The van der Waals surface area contributed by atoms with Gasteiger partial charge < -0.3 is 0 Å². The second-order valence-corrected chi connectivity index (χ2v) is 8.12. The molecule has 0 aromatic heterocycles. The highest BCUT2D eigenvalue weighted by atomic mass is 79.9. The van der Waals surface area contributed by atoms with Gasteiger partial charge in [0.05, 0.1) is 0 Å². The summed E-state index contributed by atoms with van der Waals surface area (Å²) in [6.07, 6.45) is 5.25. The van der Waals surface area contributed by atoms with Crippen molar-refractivity contribution in [1.29, 1.82) is 0 Å². The van der Waals surface area contributed by atoms with Crippen molar-refractivity contribution in [3.8, 4) is 0 Å². The van der Waals surface area contributed by atoms with Crippen molar-refractivity contribution < 1.29 is 0 Å². The van der Waals surface area contributed by atoms with Gasteiger partial charge >= 0.3 is 0 Å².